The first-order chi connectivity index (χ1) is 7.45. The zero-order chi connectivity index (χ0) is 10.1. The summed E-state index contributed by atoms with van der Waals surface area (Å²) in [5.74, 6) is 0. The van der Waals surface area contributed by atoms with Crippen molar-refractivity contribution in [3.63, 3.8) is 0 Å². The second-order valence-corrected chi connectivity index (χ2v) is 3.98. The smallest absolute Gasteiger partial charge is 0.0701 e. The molecule has 1 aromatic carbocycles. The topological polar surface area (TPSA) is 12.4 Å². The fraction of sp³-hybridized carbons (Fsp3) is 0.214. The van der Waals surface area contributed by atoms with Crippen molar-refractivity contribution < 1.29 is 0 Å². The molecule has 1 heterocycles. The lowest BCUT2D eigenvalue weighted by atomic mass is 9.90. The molecule has 0 saturated carbocycles. The first kappa shape index (κ1) is 8.66. The van der Waals surface area contributed by atoms with Gasteiger partial charge in [0.1, 0.15) is 0 Å². The molecule has 2 aliphatic rings. The molecule has 0 radical (unpaired) electrons. The van der Waals surface area contributed by atoms with Crippen LogP contribution >= 0.6 is 0 Å². The van der Waals surface area contributed by atoms with Gasteiger partial charge in [0.2, 0.25) is 0 Å². The fourth-order valence-corrected chi connectivity index (χ4v) is 2.30. The average Bonchev–Trinajstić information content (AvgIpc) is 2.48. The largest absolute Gasteiger partial charge is 0.260 e. The Morgan fingerprint density at radius 2 is 2.07 bits per heavy atom. The summed E-state index contributed by atoms with van der Waals surface area (Å²) in [7, 11) is 0. The van der Waals surface area contributed by atoms with Gasteiger partial charge >= 0.3 is 0 Å². The predicted octanol–water partition coefficient (Wildman–Crippen LogP) is 3.90. The van der Waals surface area contributed by atoms with Crippen molar-refractivity contribution in [3.8, 4) is 0 Å². The van der Waals surface area contributed by atoms with Crippen LogP contribution in [0.2, 0.25) is 0 Å². The number of fused-ring (bicyclic) bond motifs is 2. The minimum absolute atomic E-state index is 0.973. The third kappa shape index (κ3) is 1.44. The van der Waals surface area contributed by atoms with Gasteiger partial charge in [-0.15, -0.1) is 0 Å². The van der Waals surface area contributed by atoms with Gasteiger partial charge < -0.3 is 0 Å². The van der Waals surface area contributed by atoms with Crippen molar-refractivity contribution in [2.24, 2.45) is 4.99 Å². The van der Waals surface area contributed by atoms with E-state index in [0.717, 1.165) is 24.9 Å². The Morgan fingerprint density at radius 3 is 3.07 bits per heavy atom. The van der Waals surface area contributed by atoms with Crippen LogP contribution in [0.5, 0.6) is 0 Å². The Labute approximate surface area is 89.9 Å². The molecule has 1 nitrogen and oxygen atoms in total. The molecule has 0 N–H and O–H groups in total. The molecule has 1 aliphatic heterocycles. The van der Waals surface area contributed by atoms with E-state index in [9.17, 15) is 0 Å². The Hall–Kier alpha value is -1.63. The van der Waals surface area contributed by atoms with Crippen LogP contribution in [0, 0.1) is 0 Å². The van der Waals surface area contributed by atoms with Crippen LogP contribution in [-0.4, -0.2) is 6.21 Å². The molecule has 74 valence electrons. The van der Waals surface area contributed by atoms with Crippen LogP contribution in [0.25, 0.3) is 5.57 Å². The Bertz CT molecular complexity index is 478. The molecule has 0 saturated heterocycles. The molecule has 1 heteroatoms. The van der Waals surface area contributed by atoms with Crippen molar-refractivity contribution in [3.05, 3.63) is 47.6 Å². The highest BCUT2D eigenvalue weighted by Gasteiger charge is 2.14. The average molecular weight is 195 g/mol. The summed E-state index contributed by atoms with van der Waals surface area (Å²) in [6.07, 6.45) is 9.84. The van der Waals surface area contributed by atoms with Crippen LogP contribution in [0.1, 0.15) is 24.8 Å². The van der Waals surface area contributed by atoms with E-state index in [1.807, 2.05) is 6.21 Å². The molecule has 0 aromatic heterocycles. The summed E-state index contributed by atoms with van der Waals surface area (Å²) in [4.78, 5) is 4.51. The standard InChI is InChI=1S/C14H13N/c1-2-6-12-11(5-1)9-10-15-14-8-4-3-7-13(12)14/h1,3-5,7-8,10H,2,6,9H2. The van der Waals surface area contributed by atoms with Crippen LogP contribution in [-0.2, 0) is 0 Å². The number of benzene rings is 1. The first-order valence-corrected chi connectivity index (χ1v) is 5.45. The lowest BCUT2D eigenvalue weighted by Gasteiger charge is -2.14. The summed E-state index contributed by atoms with van der Waals surface area (Å²) in [6.45, 7) is 0. The van der Waals surface area contributed by atoms with Crippen molar-refractivity contribution in [1.29, 1.82) is 0 Å². The van der Waals surface area contributed by atoms with E-state index in [1.54, 1.807) is 0 Å². The maximum absolute atomic E-state index is 4.51. The lowest BCUT2D eigenvalue weighted by Crippen LogP contribution is -1.93. The molecule has 0 bridgehead atoms. The van der Waals surface area contributed by atoms with Gasteiger partial charge in [-0.05, 0) is 30.1 Å². The maximum Gasteiger partial charge on any atom is 0.0701 e. The van der Waals surface area contributed by atoms with E-state index < -0.39 is 0 Å². The zero-order valence-electron chi connectivity index (χ0n) is 8.61. The minimum atomic E-state index is 0.973. The highest BCUT2D eigenvalue weighted by Crippen LogP contribution is 2.36. The van der Waals surface area contributed by atoms with Gasteiger partial charge in [0, 0.05) is 18.2 Å². The molecule has 0 unspecified atom stereocenters. The number of nitrogens with zero attached hydrogens (tertiary/aromatic N) is 1. The van der Waals surface area contributed by atoms with Crippen LogP contribution in [0.4, 0.5) is 5.69 Å². The number of allylic oxidation sites excluding steroid dienone is 4. The molecule has 0 fully saturated rings. The molecular weight excluding hydrogens is 182 g/mol. The summed E-state index contributed by atoms with van der Waals surface area (Å²) < 4.78 is 0. The molecule has 1 aromatic rings. The monoisotopic (exact) mass is 195 g/mol. The van der Waals surface area contributed by atoms with Crippen molar-refractivity contribution in [2.75, 3.05) is 0 Å². The number of para-hydroxylation sites is 1. The highest BCUT2D eigenvalue weighted by molar-refractivity contribution is 5.86. The normalized spacial score (nSPS) is 18.4. The fourth-order valence-electron chi connectivity index (χ4n) is 2.30. The number of aliphatic imine (C=N–C) groups is 1. The van der Waals surface area contributed by atoms with Crippen molar-refractivity contribution >= 4 is 17.5 Å². The van der Waals surface area contributed by atoms with Gasteiger partial charge in [-0.1, -0.05) is 30.4 Å². The van der Waals surface area contributed by atoms with Gasteiger partial charge in [0.15, 0.2) is 0 Å². The van der Waals surface area contributed by atoms with E-state index in [1.165, 1.54) is 16.7 Å². The van der Waals surface area contributed by atoms with Gasteiger partial charge in [-0.25, -0.2) is 0 Å². The van der Waals surface area contributed by atoms with Gasteiger partial charge in [-0.3, -0.25) is 4.99 Å². The Balaban J connectivity index is 2.23. The molecule has 0 spiro atoms. The first-order valence-electron chi connectivity index (χ1n) is 5.45. The molecule has 0 amide bonds. The highest BCUT2D eigenvalue weighted by atomic mass is 14.7. The molecule has 1 aliphatic carbocycles. The maximum atomic E-state index is 4.51. The second-order valence-electron chi connectivity index (χ2n) is 3.98. The third-order valence-corrected chi connectivity index (χ3v) is 3.04. The lowest BCUT2D eigenvalue weighted by molar-refractivity contribution is 1.03. The summed E-state index contributed by atoms with van der Waals surface area (Å²) >= 11 is 0. The molecule has 15 heavy (non-hydrogen) atoms. The predicted molar refractivity (Wildman–Crippen MR) is 64.5 cm³/mol. The Kier molecular flexibility index (Phi) is 2.02. The second kappa shape index (κ2) is 3.50. The third-order valence-electron chi connectivity index (χ3n) is 3.04. The Morgan fingerprint density at radius 1 is 1.13 bits per heavy atom. The van der Waals surface area contributed by atoms with Crippen molar-refractivity contribution in [2.45, 2.75) is 19.3 Å². The van der Waals surface area contributed by atoms with Crippen LogP contribution < -0.4 is 0 Å². The van der Waals surface area contributed by atoms with Crippen LogP contribution in [0.3, 0.4) is 0 Å². The van der Waals surface area contributed by atoms with E-state index in [2.05, 4.69) is 41.4 Å². The summed E-state index contributed by atoms with van der Waals surface area (Å²) in [5.41, 5.74) is 5.38. The minimum Gasteiger partial charge on any atom is -0.260 e. The van der Waals surface area contributed by atoms with E-state index >= 15 is 0 Å². The number of hydrogen-bond acceptors (Lipinski definition) is 1. The van der Waals surface area contributed by atoms with Gasteiger partial charge in [0.25, 0.3) is 0 Å². The quantitative estimate of drug-likeness (QED) is 0.595. The number of rotatable bonds is 0. The van der Waals surface area contributed by atoms with E-state index in [-0.39, 0.29) is 0 Å². The van der Waals surface area contributed by atoms with E-state index in [0.29, 0.717) is 0 Å². The van der Waals surface area contributed by atoms with Gasteiger partial charge in [0.05, 0.1) is 5.69 Å². The summed E-state index contributed by atoms with van der Waals surface area (Å²) in [6, 6.07) is 8.44. The van der Waals surface area contributed by atoms with Gasteiger partial charge in [-0.2, -0.15) is 0 Å². The van der Waals surface area contributed by atoms with Crippen LogP contribution in [0.15, 0.2) is 47.0 Å². The molecule has 0 atom stereocenters. The van der Waals surface area contributed by atoms with Crippen molar-refractivity contribution in [1.82, 2.24) is 0 Å². The summed E-state index contributed by atoms with van der Waals surface area (Å²) in [5, 5.41) is 0. The SMILES string of the molecule is C1=CC2=C(CC1)c1ccccc1N=CC2. The molecular formula is C14H13N. The molecule has 3 rings (SSSR count). The number of hydrogen-bond donors (Lipinski definition) is 0. The zero-order valence-corrected chi connectivity index (χ0v) is 8.61. The van der Waals surface area contributed by atoms with E-state index in [4.69, 9.17) is 0 Å².